The molecule has 0 aliphatic carbocycles. The molecule has 0 bridgehead atoms. The summed E-state index contributed by atoms with van der Waals surface area (Å²) in [4.78, 5) is 2.41. The van der Waals surface area contributed by atoms with Crippen molar-refractivity contribution in [2.45, 2.75) is 12.8 Å². The van der Waals surface area contributed by atoms with E-state index < -0.39 is 0 Å². The van der Waals surface area contributed by atoms with Crippen molar-refractivity contribution in [1.82, 2.24) is 5.43 Å². The molecule has 118 valence electrons. The Hall–Kier alpha value is -2.40. The largest absolute Gasteiger partial charge is 0.372 e. The molecule has 0 amide bonds. The third-order valence-corrected chi connectivity index (χ3v) is 3.97. The van der Waals surface area contributed by atoms with Crippen LogP contribution in [0.25, 0.3) is 0 Å². The number of nitrogens with zero attached hydrogens (tertiary/aromatic N) is 2. The van der Waals surface area contributed by atoms with Gasteiger partial charge in [0.1, 0.15) is 0 Å². The molecule has 1 heterocycles. The molecule has 2 N–H and O–H groups in total. The van der Waals surface area contributed by atoms with Gasteiger partial charge in [-0.3, -0.25) is 5.43 Å². The van der Waals surface area contributed by atoms with Crippen LogP contribution in [0.2, 0.25) is 0 Å². The summed E-state index contributed by atoms with van der Waals surface area (Å²) in [6.07, 6.45) is 4.35. The summed E-state index contributed by atoms with van der Waals surface area (Å²) in [5.41, 5.74) is 6.10. The van der Waals surface area contributed by atoms with Gasteiger partial charge in [-0.2, -0.15) is 5.10 Å². The molecule has 4 nitrogen and oxygen atoms in total. The summed E-state index contributed by atoms with van der Waals surface area (Å²) in [5, 5.41) is 7.72. The number of hydrogen-bond acceptors (Lipinski definition) is 3. The summed E-state index contributed by atoms with van der Waals surface area (Å²) in [7, 11) is 0. The van der Waals surface area contributed by atoms with Crippen LogP contribution in [-0.4, -0.2) is 24.4 Å². The van der Waals surface area contributed by atoms with Gasteiger partial charge in [0.05, 0.1) is 6.21 Å². The second kappa shape index (κ2) is 7.74. The van der Waals surface area contributed by atoms with Crippen LogP contribution in [0.15, 0.2) is 59.7 Å². The van der Waals surface area contributed by atoms with Crippen LogP contribution in [0.1, 0.15) is 18.4 Å². The van der Waals surface area contributed by atoms with Gasteiger partial charge in [0.2, 0.25) is 0 Å². The molecule has 5 heteroatoms. The lowest BCUT2D eigenvalue weighted by Crippen LogP contribution is -2.23. The van der Waals surface area contributed by atoms with E-state index in [1.54, 1.807) is 6.21 Å². The predicted octanol–water partition coefficient (Wildman–Crippen LogP) is 3.61. The third-order valence-electron chi connectivity index (χ3n) is 3.78. The molecule has 1 saturated heterocycles. The van der Waals surface area contributed by atoms with Crippen molar-refractivity contribution in [3.8, 4) is 0 Å². The fraction of sp³-hybridized carbons (Fsp3) is 0.222. The Bertz CT molecular complexity index is 661. The molecule has 0 aromatic heterocycles. The van der Waals surface area contributed by atoms with Gasteiger partial charge in [0, 0.05) is 24.5 Å². The predicted molar refractivity (Wildman–Crippen MR) is 101 cm³/mol. The molecule has 1 fully saturated rings. The SMILES string of the molecule is S=C(N/N=C\c1ccc(N2CCCC2)cc1)Nc1ccccc1. The zero-order valence-corrected chi connectivity index (χ0v) is 13.7. The van der Waals surface area contributed by atoms with E-state index >= 15 is 0 Å². The first kappa shape index (κ1) is 15.5. The Kier molecular flexibility index (Phi) is 5.21. The van der Waals surface area contributed by atoms with Crippen LogP contribution in [0.4, 0.5) is 11.4 Å². The van der Waals surface area contributed by atoms with E-state index in [0.717, 1.165) is 24.3 Å². The molecule has 0 radical (unpaired) electrons. The van der Waals surface area contributed by atoms with Gasteiger partial charge < -0.3 is 10.2 Å². The second-order valence-corrected chi connectivity index (χ2v) is 5.88. The Balaban J connectivity index is 1.50. The number of nitrogens with one attached hydrogen (secondary N) is 2. The Labute approximate surface area is 142 Å². The lowest BCUT2D eigenvalue weighted by atomic mass is 10.2. The van der Waals surface area contributed by atoms with E-state index in [9.17, 15) is 0 Å². The minimum absolute atomic E-state index is 0.473. The molecule has 23 heavy (non-hydrogen) atoms. The zero-order chi connectivity index (χ0) is 15.9. The average Bonchev–Trinajstić information content (AvgIpc) is 3.11. The molecule has 3 rings (SSSR count). The van der Waals surface area contributed by atoms with Crippen molar-refractivity contribution in [1.29, 1.82) is 0 Å². The molecule has 0 unspecified atom stereocenters. The maximum Gasteiger partial charge on any atom is 0.191 e. The quantitative estimate of drug-likeness (QED) is 0.512. The summed E-state index contributed by atoms with van der Waals surface area (Å²) in [5.74, 6) is 0. The van der Waals surface area contributed by atoms with Gasteiger partial charge in [-0.05, 0) is 54.9 Å². The fourth-order valence-corrected chi connectivity index (χ4v) is 2.76. The van der Waals surface area contributed by atoms with E-state index in [1.807, 2.05) is 30.3 Å². The summed E-state index contributed by atoms with van der Waals surface area (Å²) >= 11 is 5.20. The van der Waals surface area contributed by atoms with Crippen molar-refractivity contribution < 1.29 is 0 Å². The Morgan fingerprint density at radius 1 is 1.00 bits per heavy atom. The number of anilines is 2. The first-order valence-electron chi connectivity index (χ1n) is 7.81. The minimum atomic E-state index is 0.473. The highest BCUT2D eigenvalue weighted by Crippen LogP contribution is 2.19. The third kappa shape index (κ3) is 4.53. The zero-order valence-electron chi connectivity index (χ0n) is 12.9. The van der Waals surface area contributed by atoms with Crippen LogP contribution in [-0.2, 0) is 0 Å². The van der Waals surface area contributed by atoms with Crippen molar-refractivity contribution in [3.05, 3.63) is 60.2 Å². The van der Waals surface area contributed by atoms with Crippen molar-refractivity contribution in [2.75, 3.05) is 23.3 Å². The first-order chi connectivity index (χ1) is 11.3. The maximum absolute atomic E-state index is 5.20. The number of para-hydroxylation sites is 1. The van der Waals surface area contributed by atoms with Gasteiger partial charge in [0.15, 0.2) is 5.11 Å². The molecule has 2 aromatic rings. The van der Waals surface area contributed by atoms with E-state index in [2.05, 4.69) is 45.0 Å². The normalized spacial score (nSPS) is 14.2. The van der Waals surface area contributed by atoms with E-state index in [1.165, 1.54) is 18.5 Å². The van der Waals surface area contributed by atoms with Crippen LogP contribution in [0.5, 0.6) is 0 Å². The van der Waals surface area contributed by atoms with Gasteiger partial charge in [-0.25, -0.2) is 0 Å². The lowest BCUT2D eigenvalue weighted by molar-refractivity contribution is 0.949. The first-order valence-corrected chi connectivity index (χ1v) is 8.22. The molecule has 1 aliphatic rings. The van der Waals surface area contributed by atoms with Crippen LogP contribution in [0.3, 0.4) is 0 Å². The van der Waals surface area contributed by atoms with Crippen molar-refractivity contribution >= 4 is 34.9 Å². The smallest absolute Gasteiger partial charge is 0.191 e. The minimum Gasteiger partial charge on any atom is -0.372 e. The van der Waals surface area contributed by atoms with E-state index in [0.29, 0.717) is 5.11 Å². The molecular formula is C18H20N4S. The standard InChI is InChI=1S/C18H20N4S/c23-18(20-16-6-2-1-3-7-16)21-19-14-15-8-10-17(11-9-15)22-12-4-5-13-22/h1-3,6-11,14H,4-5,12-13H2,(H2,20,21,23)/b19-14-. The number of benzene rings is 2. The fourth-order valence-electron chi connectivity index (χ4n) is 2.59. The van der Waals surface area contributed by atoms with Gasteiger partial charge in [0.25, 0.3) is 0 Å². The number of hydrazone groups is 1. The second-order valence-electron chi connectivity index (χ2n) is 5.48. The number of thiocarbonyl (C=S) groups is 1. The Morgan fingerprint density at radius 3 is 2.39 bits per heavy atom. The highest BCUT2D eigenvalue weighted by atomic mass is 32.1. The average molecular weight is 324 g/mol. The van der Waals surface area contributed by atoms with Crippen LogP contribution >= 0.6 is 12.2 Å². The summed E-state index contributed by atoms with van der Waals surface area (Å²) < 4.78 is 0. The van der Waals surface area contributed by atoms with Crippen molar-refractivity contribution in [2.24, 2.45) is 5.10 Å². The molecule has 0 spiro atoms. The maximum atomic E-state index is 5.20. The monoisotopic (exact) mass is 324 g/mol. The van der Waals surface area contributed by atoms with E-state index in [-0.39, 0.29) is 0 Å². The molecule has 2 aromatic carbocycles. The van der Waals surface area contributed by atoms with E-state index in [4.69, 9.17) is 12.2 Å². The van der Waals surface area contributed by atoms with Crippen molar-refractivity contribution in [3.63, 3.8) is 0 Å². The highest BCUT2D eigenvalue weighted by Gasteiger charge is 2.11. The molecule has 1 aliphatic heterocycles. The topological polar surface area (TPSA) is 39.7 Å². The van der Waals surface area contributed by atoms with Crippen LogP contribution < -0.4 is 15.6 Å². The van der Waals surface area contributed by atoms with Gasteiger partial charge >= 0.3 is 0 Å². The molecule has 0 saturated carbocycles. The number of hydrogen-bond donors (Lipinski definition) is 2. The molecular weight excluding hydrogens is 304 g/mol. The van der Waals surface area contributed by atoms with Gasteiger partial charge in [-0.1, -0.05) is 30.3 Å². The Morgan fingerprint density at radius 2 is 1.70 bits per heavy atom. The highest BCUT2D eigenvalue weighted by molar-refractivity contribution is 7.80. The summed E-state index contributed by atoms with van der Waals surface area (Å²) in [6, 6.07) is 18.2. The van der Waals surface area contributed by atoms with Crippen LogP contribution in [0, 0.1) is 0 Å². The number of rotatable bonds is 4. The summed E-state index contributed by atoms with van der Waals surface area (Å²) in [6.45, 7) is 2.32. The van der Waals surface area contributed by atoms with Gasteiger partial charge in [-0.15, -0.1) is 0 Å². The lowest BCUT2D eigenvalue weighted by Gasteiger charge is -2.17. The molecule has 0 atom stereocenters.